The van der Waals surface area contributed by atoms with Gasteiger partial charge in [0.15, 0.2) is 5.17 Å². The van der Waals surface area contributed by atoms with Crippen molar-refractivity contribution in [2.24, 2.45) is 4.99 Å². The summed E-state index contributed by atoms with van der Waals surface area (Å²) in [7, 11) is 0. The molecule has 2 saturated heterocycles. The van der Waals surface area contributed by atoms with E-state index in [9.17, 15) is 0 Å². The first-order valence-electron chi connectivity index (χ1n) is 8.47. The Morgan fingerprint density at radius 3 is 2.60 bits per heavy atom. The van der Waals surface area contributed by atoms with Crippen LogP contribution in [0.4, 0.5) is 0 Å². The van der Waals surface area contributed by atoms with E-state index in [-0.39, 0.29) is 0 Å². The molecule has 0 amide bonds. The van der Waals surface area contributed by atoms with Gasteiger partial charge in [-0.25, -0.2) is 0 Å². The molecule has 2 heterocycles. The minimum atomic E-state index is 0.395. The van der Waals surface area contributed by atoms with E-state index in [0.717, 1.165) is 6.54 Å². The third-order valence-electron chi connectivity index (χ3n) is 4.98. The number of likely N-dealkylation sites (tertiary alicyclic amines) is 1. The maximum Gasteiger partial charge on any atom is 0.157 e. The van der Waals surface area contributed by atoms with Crippen LogP contribution < -0.4 is 5.32 Å². The van der Waals surface area contributed by atoms with Crippen molar-refractivity contribution in [3.63, 3.8) is 0 Å². The molecule has 2 aliphatic heterocycles. The van der Waals surface area contributed by atoms with Crippen molar-refractivity contribution in [3.8, 4) is 0 Å². The summed E-state index contributed by atoms with van der Waals surface area (Å²) in [5.74, 6) is 1.24. The van der Waals surface area contributed by atoms with Crippen molar-refractivity contribution in [2.45, 2.75) is 69.9 Å². The van der Waals surface area contributed by atoms with Gasteiger partial charge < -0.3 is 10.2 Å². The number of aliphatic imine (C=N–C) groups is 1. The SMILES string of the molecule is CC(CN1CCCCC1)N=C1NC2(CCCCC2)CS1. The third-order valence-corrected chi connectivity index (χ3v) is 6.15. The van der Waals surface area contributed by atoms with E-state index in [4.69, 9.17) is 4.99 Å². The van der Waals surface area contributed by atoms with Gasteiger partial charge in [-0.3, -0.25) is 4.99 Å². The quantitative estimate of drug-likeness (QED) is 0.866. The molecular formula is C16H29N3S. The minimum absolute atomic E-state index is 0.395. The number of hydrogen-bond donors (Lipinski definition) is 1. The van der Waals surface area contributed by atoms with Crippen LogP contribution in [0.15, 0.2) is 4.99 Å². The van der Waals surface area contributed by atoms with Crippen molar-refractivity contribution >= 4 is 16.9 Å². The van der Waals surface area contributed by atoms with Gasteiger partial charge in [0.25, 0.3) is 0 Å². The van der Waals surface area contributed by atoms with Crippen molar-refractivity contribution < 1.29 is 0 Å². The Hall–Kier alpha value is -0.220. The Kier molecular flexibility index (Phi) is 4.92. The second-order valence-electron chi connectivity index (χ2n) is 6.90. The number of nitrogens with one attached hydrogen (secondary N) is 1. The predicted octanol–water partition coefficient (Wildman–Crippen LogP) is 3.26. The predicted molar refractivity (Wildman–Crippen MR) is 88.6 cm³/mol. The summed E-state index contributed by atoms with van der Waals surface area (Å²) in [4.78, 5) is 7.54. The molecule has 1 aliphatic carbocycles. The highest BCUT2D eigenvalue weighted by molar-refractivity contribution is 8.14. The fourth-order valence-electron chi connectivity index (χ4n) is 3.83. The second-order valence-corrected chi connectivity index (χ2v) is 7.86. The van der Waals surface area contributed by atoms with Gasteiger partial charge in [-0.15, -0.1) is 0 Å². The summed E-state index contributed by atoms with van der Waals surface area (Å²) in [6.07, 6.45) is 11.1. The van der Waals surface area contributed by atoms with Gasteiger partial charge in [-0.05, 0) is 45.7 Å². The van der Waals surface area contributed by atoms with Crippen LogP contribution in [0.2, 0.25) is 0 Å². The molecule has 3 rings (SSSR count). The van der Waals surface area contributed by atoms with Crippen LogP contribution in [0.3, 0.4) is 0 Å². The number of nitrogens with zero attached hydrogens (tertiary/aromatic N) is 2. The van der Waals surface area contributed by atoms with Crippen LogP contribution in [0, 0.1) is 0 Å². The third kappa shape index (κ3) is 3.70. The van der Waals surface area contributed by atoms with Crippen molar-refractivity contribution in [2.75, 3.05) is 25.4 Å². The molecule has 1 N–H and O–H groups in total. The van der Waals surface area contributed by atoms with Gasteiger partial charge >= 0.3 is 0 Å². The Bertz CT molecular complexity index is 344. The summed E-state index contributed by atoms with van der Waals surface area (Å²) in [6.45, 7) is 5.97. The van der Waals surface area contributed by atoms with Crippen LogP contribution in [-0.2, 0) is 0 Å². The van der Waals surface area contributed by atoms with Gasteiger partial charge in [0.2, 0.25) is 0 Å². The molecule has 0 radical (unpaired) electrons. The summed E-state index contributed by atoms with van der Waals surface area (Å²) in [5, 5.41) is 4.99. The zero-order valence-corrected chi connectivity index (χ0v) is 13.7. The lowest BCUT2D eigenvalue weighted by Crippen LogP contribution is -2.45. The smallest absolute Gasteiger partial charge is 0.157 e. The van der Waals surface area contributed by atoms with Crippen LogP contribution >= 0.6 is 11.8 Å². The highest BCUT2D eigenvalue weighted by atomic mass is 32.2. The Morgan fingerprint density at radius 2 is 1.85 bits per heavy atom. The van der Waals surface area contributed by atoms with Gasteiger partial charge in [-0.2, -0.15) is 0 Å². The van der Waals surface area contributed by atoms with E-state index in [2.05, 4.69) is 17.1 Å². The van der Waals surface area contributed by atoms with Crippen LogP contribution in [-0.4, -0.2) is 47.0 Å². The Morgan fingerprint density at radius 1 is 1.15 bits per heavy atom. The van der Waals surface area contributed by atoms with Crippen molar-refractivity contribution in [1.29, 1.82) is 0 Å². The molecule has 4 heteroatoms. The molecule has 1 spiro atoms. The molecule has 0 aromatic rings. The van der Waals surface area contributed by atoms with Gasteiger partial charge in [0.1, 0.15) is 0 Å². The molecule has 20 heavy (non-hydrogen) atoms. The Labute approximate surface area is 128 Å². The van der Waals surface area contributed by atoms with Crippen molar-refractivity contribution in [3.05, 3.63) is 0 Å². The normalized spacial score (nSPS) is 30.6. The first-order valence-corrected chi connectivity index (χ1v) is 9.46. The summed E-state index contributed by atoms with van der Waals surface area (Å²) >= 11 is 1.96. The lowest BCUT2D eigenvalue weighted by Gasteiger charge is -2.33. The van der Waals surface area contributed by atoms with E-state index < -0.39 is 0 Å². The van der Waals surface area contributed by atoms with E-state index in [1.165, 1.54) is 75.4 Å². The average molecular weight is 295 g/mol. The van der Waals surface area contributed by atoms with Gasteiger partial charge in [0, 0.05) is 17.8 Å². The number of rotatable bonds is 3. The summed E-state index contributed by atoms with van der Waals surface area (Å²) in [6, 6.07) is 0.432. The molecule has 0 bridgehead atoms. The maximum absolute atomic E-state index is 4.95. The Balaban J connectivity index is 1.50. The molecule has 1 atom stereocenters. The average Bonchev–Trinajstić information content (AvgIpc) is 2.83. The molecule has 1 unspecified atom stereocenters. The standard InChI is InChI=1S/C16H29N3S/c1-14(12-19-10-6-3-7-11-19)17-15-18-16(13-20-15)8-4-2-5-9-16/h14H,2-13H2,1H3,(H,17,18). The largest absolute Gasteiger partial charge is 0.359 e. The van der Waals surface area contributed by atoms with E-state index in [1.807, 2.05) is 11.8 Å². The van der Waals surface area contributed by atoms with E-state index in [1.54, 1.807) is 0 Å². The molecule has 3 fully saturated rings. The maximum atomic E-state index is 4.95. The topological polar surface area (TPSA) is 27.6 Å². The highest BCUT2D eigenvalue weighted by Crippen LogP contribution is 2.36. The number of hydrogen-bond acceptors (Lipinski definition) is 3. The summed E-state index contributed by atoms with van der Waals surface area (Å²) < 4.78 is 0. The molecule has 3 aliphatic rings. The highest BCUT2D eigenvalue weighted by Gasteiger charge is 2.38. The van der Waals surface area contributed by atoms with E-state index in [0.29, 0.717) is 11.6 Å². The first-order chi connectivity index (χ1) is 9.76. The van der Waals surface area contributed by atoms with Gasteiger partial charge in [-0.1, -0.05) is 37.4 Å². The number of piperidine rings is 1. The molecule has 0 aromatic heterocycles. The van der Waals surface area contributed by atoms with Crippen LogP contribution in [0.25, 0.3) is 0 Å². The van der Waals surface area contributed by atoms with Crippen LogP contribution in [0.5, 0.6) is 0 Å². The van der Waals surface area contributed by atoms with E-state index >= 15 is 0 Å². The fourth-order valence-corrected chi connectivity index (χ4v) is 5.15. The van der Waals surface area contributed by atoms with Crippen molar-refractivity contribution in [1.82, 2.24) is 10.2 Å². The first kappa shape index (κ1) is 14.7. The van der Waals surface area contributed by atoms with Crippen LogP contribution in [0.1, 0.15) is 58.3 Å². The molecule has 0 aromatic carbocycles. The molecular weight excluding hydrogens is 266 g/mol. The molecule has 1 saturated carbocycles. The lowest BCUT2D eigenvalue weighted by molar-refractivity contribution is 0.220. The van der Waals surface area contributed by atoms with Gasteiger partial charge in [0.05, 0.1) is 6.04 Å². The molecule has 3 nitrogen and oxygen atoms in total. The zero-order valence-electron chi connectivity index (χ0n) is 12.9. The summed E-state index contributed by atoms with van der Waals surface area (Å²) in [5.41, 5.74) is 0.395. The zero-order chi connectivity index (χ0) is 13.8. The minimum Gasteiger partial charge on any atom is -0.359 e. The second kappa shape index (κ2) is 6.69. The number of amidine groups is 1. The molecule has 114 valence electrons. The fraction of sp³-hybridized carbons (Fsp3) is 0.938. The monoisotopic (exact) mass is 295 g/mol. The lowest BCUT2D eigenvalue weighted by atomic mass is 9.83. The number of thioether (sulfide) groups is 1.